The maximum Gasteiger partial charge on any atom is 0.191 e. The number of rotatable bonds is 9. The van der Waals surface area contributed by atoms with Crippen molar-refractivity contribution < 1.29 is 4.74 Å². The van der Waals surface area contributed by atoms with Crippen molar-refractivity contribution in [3.63, 3.8) is 0 Å². The minimum Gasteiger partial charge on any atom is -0.385 e. The smallest absolute Gasteiger partial charge is 0.191 e. The summed E-state index contributed by atoms with van der Waals surface area (Å²) in [6.45, 7) is 5.38. The van der Waals surface area contributed by atoms with Crippen LogP contribution in [0.25, 0.3) is 11.3 Å². The molecule has 150 valence electrons. The van der Waals surface area contributed by atoms with Crippen molar-refractivity contribution in [2.24, 2.45) is 10.4 Å². The molecule has 0 spiro atoms. The number of benzene rings is 1. The molecule has 28 heavy (non-hydrogen) atoms. The SMILES string of the molecule is CCNC(=NCc1cccc(-c2ccccn2)c1)NCC1(CCOC)CCC1. The van der Waals surface area contributed by atoms with Crippen molar-refractivity contribution >= 4 is 5.96 Å². The first-order chi connectivity index (χ1) is 13.7. The Hall–Kier alpha value is -2.40. The summed E-state index contributed by atoms with van der Waals surface area (Å²) in [7, 11) is 1.78. The molecule has 0 atom stereocenters. The third kappa shape index (κ3) is 5.55. The first kappa shape index (κ1) is 20.3. The van der Waals surface area contributed by atoms with E-state index in [1.807, 2.05) is 24.4 Å². The zero-order valence-electron chi connectivity index (χ0n) is 17.1. The molecular formula is C23H32N4O. The molecule has 1 heterocycles. The molecule has 0 aliphatic heterocycles. The standard InChI is InChI=1S/C23H32N4O/c1-3-24-22(27-18-23(11-7-12-23)13-15-28-2)26-17-19-8-6-9-20(16-19)21-10-4-5-14-25-21/h4-6,8-10,14,16H,3,7,11-13,15,17-18H2,1-2H3,(H2,24,26,27). The summed E-state index contributed by atoms with van der Waals surface area (Å²) in [5, 5.41) is 6.93. The minimum absolute atomic E-state index is 0.366. The molecule has 5 heteroatoms. The summed E-state index contributed by atoms with van der Waals surface area (Å²) < 4.78 is 5.30. The fourth-order valence-corrected chi connectivity index (χ4v) is 3.66. The molecule has 0 amide bonds. The van der Waals surface area contributed by atoms with Crippen molar-refractivity contribution in [3.8, 4) is 11.3 Å². The zero-order chi connectivity index (χ0) is 19.7. The van der Waals surface area contributed by atoms with Crippen LogP contribution in [-0.4, -0.2) is 37.7 Å². The van der Waals surface area contributed by atoms with E-state index < -0.39 is 0 Å². The van der Waals surface area contributed by atoms with Crippen molar-refractivity contribution in [3.05, 3.63) is 54.2 Å². The van der Waals surface area contributed by atoms with Crippen molar-refractivity contribution in [1.29, 1.82) is 0 Å². The van der Waals surface area contributed by atoms with Gasteiger partial charge in [0.05, 0.1) is 12.2 Å². The van der Waals surface area contributed by atoms with Gasteiger partial charge in [-0.25, -0.2) is 4.99 Å². The van der Waals surface area contributed by atoms with E-state index in [2.05, 4.69) is 46.8 Å². The van der Waals surface area contributed by atoms with Crippen LogP contribution >= 0.6 is 0 Å². The third-order valence-corrected chi connectivity index (χ3v) is 5.53. The van der Waals surface area contributed by atoms with Crippen LogP contribution in [0.2, 0.25) is 0 Å². The molecular weight excluding hydrogens is 348 g/mol. The van der Waals surface area contributed by atoms with Crippen LogP contribution in [0.1, 0.15) is 38.2 Å². The van der Waals surface area contributed by atoms with Crippen LogP contribution in [0.15, 0.2) is 53.7 Å². The van der Waals surface area contributed by atoms with Gasteiger partial charge in [0.15, 0.2) is 5.96 Å². The van der Waals surface area contributed by atoms with Crippen molar-refractivity contribution in [1.82, 2.24) is 15.6 Å². The summed E-state index contributed by atoms with van der Waals surface area (Å²) in [5.41, 5.74) is 3.66. The van der Waals surface area contributed by atoms with Crippen LogP contribution in [0.4, 0.5) is 0 Å². The molecule has 1 aliphatic carbocycles. The predicted octanol–water partition coefficient (Wildman–Crippen LogP) is 4.01. The molecule has 1 aromatic heterocycles. The van der Waals surface area contributed by atoms with E-state index in [4.69, 9.17) is 9.73 Å². The number of aliphatic imine (C=N–C) groups is 1. The van der Waals surface area contributed by atoms with E-state index in [9.17, 15) is 0 Å². The number of nitrogens with zero attached hydrogens (tertiary/aromatic N) is 2. The van der Waals surface area contributed by atoms with Gasteiger partial charge in [0, 0.05) is 38.6 Å². The van der Waals surface area contributed by atoms with Crippen LogP contribution in [-0.2, 0) is 11.3 Å². The lowest BCUT2D eigenvalue weighted by atomic mass is 9.67. The molecule has 0 unspecified atom stereocenters. The zero-order valence-corrected chi connectivity index (χ0v) is 17.1. The predicted molar refractivity (Wildman–Crippen MR) is 115 cm³/mol. The Balaban J connectivity index is 1.63. The second-order valence-corrected chi connectivity index (χ2v) is 7.56. The molecule has 0 saturated heterocycles. The molecule has 1 aliphatic rings. The van der Waals surface area contributed by atoms with Gasteiger partial charge in [-0.05, 0) is 55.4 Å². The van der Waals surface area contributed by atoms with Crippen LogP contribution in [0, 0.1) is 5.41 Å². The second kappa shape index (κ2) is 10.2. The average molecular weight is 381 g/mol. The van der Waals surface area contributed by atoms with Gasteiger partial charge in [-0.2, -0.15) is 0 Å². The normalized spacial score (nSPS) is 15.7. The maximum atomic E-state index is 5.30. The van der Waals surface area contributed by atoms with Gasteiger partial charge in [0.1, 0.15) is 0 Å². The molecule has 1 fully saturated rings. The number of ether oxygens (including phenoxy) is 1. The van der Waals surface area contributed by atoms with E-state index in [0.29, 0.717) is 12.0 Å². The van der Waals surface area contributed by atoms with Gasteiger partial charge in [-0.15, -0.1) is 0 Å². The molecule has 1 saturated carbocycles. The van der Waals surface area contributed by atoms with Gasteiger partial charge in [-0.1, -0.05) is 30.7 Å². The van der Waals surface area contributed by atoms with Crippen LogP contribution in [0.3, 0.4) is 0 Å². The number of guanidine groups is 1. The molecule has 0 radical (unpaired) electrons. The van der Waals surface area contributed by atoms with E-state index in [0.717, 1.165) is 43.3 Å². The fourth-order valence-electron chi connectivity index (χ4n) is 3.66. The lowest BCUT2D eigenvalue weighted by Crippen LogP contribution is -2.46. The highest BCUT2D eigenvalue weighted by atomic mass is 16.5. The fraction of sp³-hybridized carbons (Fsp3) is 0.478. The van der Waals surface area contributed by atoms with E-state index in [1.54, 1.807) is 7.11 Å². The Morgan fingerprint density at radius 3 is 2.75 bits per heavy atom. The molecule has 5 nitrogen and oxygen atoms in total. The number of methoxy groups -OCH3 is 1. The third-order valence-electron chi connectivity index (χ3n) is 5.53. The molecule has 1 aromatic carbocycles. The number of nitrogens with one attached hydrogen (secondary N) is 2. The quantitative estimate of drug-likeness (QED) is 0.510. The van der Waals surface area contributed by atoms with Gasteiger partial charge in [-0.3, -0.25) is 4.98 Å². The Kier molecular flexibility index (Phi) is 7.43. The first-order valence-corrected chi connectivity index (χ1v) is 10.3. The summed E-state index contributed by atoms with van der Waals surface area (Å²) >= 11 is 0. The van der Waals surface area contributed by atoms with Gasteiger partial charge in [0.25, 0.3) is 0 Å². The molecule has 3 rings (SSSR count). The highest BCUT2D eigenvalue weighted by molar-refractivity contribution is 5.79. The second-order valence-electron chi connectivity index (χ2n) is 7.56. The van der Waals surface area contributed by atoms with E-state index in [1.165, 1.54) is 24.8 Å². The Labute approximate surface area is 168 Å². The summed E-state index contributed by atoms with van der Waals surface area (Å²) in [6.07, 6.45) is 6.80. The molecule has 2 aromatic rings. The number of aromatic nitrogens is 1. The van der Waals surface area contributed by atoms with Gasteiger partial charge in [0.2, 0.25) is 0 Å². The van der Waals surface area contributed by atoms with Crippen LogP contribution in [0.5, 0.6) is 0 Å². The Morgan fingerprint density at radius 1 is 1.18 bits per heavy atom. The highest BCUT2D eigenvalue weighted by Gasteiger charge is 2.36. The number of hydrogen-bond donors (Lipinski definition) is 2. The number of hydrogen-bond acceptors (Lipinski definition) is 3. The Morgan fingerprint density at radius 2 is 2.07 bits per heavy atom. The van der Waals surface area contributed by atoms with E-state index >= 15 is 0 Å². The summed E-state index contributed by atoms with van der Waals surface area (Å²) in [6, 6.07) is 14.4. The number of pyridine rings is 1. The lowest BCUT2D eigenvalue weighted by molar-refractivity contribution is 0.0732. The molecule has 0 bridgehead atoms. The lowest BCUT2D eigenvalue weighted by Gasteiger charge is -2.42. The van der Waals surface area contributed by atoms with Gasteiger partial charge < -0.3 is 15.4 Å². The van der Waals surface area contributed by atoms with E-state index in [-0.39, 0.29) is 0 Å². The topological polar surface area (TPSA) is 58.5 Å². The van der Waals surface area contributed by atoms with Crippen LogP contribution < -0.4 is 10.6 Å². The summed E-state index contributed by atoms with van der Waals surface area (Å²) in [5.74, 6) is 0.884. The largest absolute Gasteiger partial charge is 0.385 e. The van der Waals surface area contributed by atoms with Crippen molar-refractivity contribution in [2.45, 2.75) is 39.2 Å². The highest BCUT2D eigenvalue weighted by Crippen LogP contribution is 2.43. The minimum atomic E-state index is 0.366. The average Bonchev–Trinajstić information content (AvgIpc) is 2.71. The summed E-state index contributed by atoms with van der Waals surface area (Å²) in [4.78, 5) is 9.24. The van der Waals surface area contributed by atoms with Crippen molar-refractivity contribution in [2.75, 3.05) is 26.8 Å². The van der Waals surface area contributed by atoms with Gasteiger partial charge >= 0.3 is 0 Å². The maximum absolute atomic E-state index is 5.30. The molecule has 2 N–H and O–H groups in total. The monoisotopic (exact) mass is 380 g/mol. The first-order valence-electron chi connectivity index (χ1n) is 10.3. The Bertz CT molecular complexity index is 756.